The molecule has 0 bridgehead atoms. The summed E-state index contributed by atoms with van der Waals surface area (Å²) in [4.78, 5) is 24.2. The lowest BCUT2D eigenvalue weighted by atomic mass is 10.1. The second-order valence-corrected chi connectivity index (χ2v) is 6.65. The van der Waals surface area contributed by atoms with Crippen LogP contribution < -0.4 is 10.6 Å². The summed E-state index contributed by atoms with van der Waals surface area (Å²) in [7, 11) is 1.84. The van der Waals surface area contributed by atoms with Gasteiger partial charge in [-0.2, -0.15) is 18.3 Å². The van der Waals surface area contributed by atoms with Gasteiger partial charge in [0.1, 0.15) is 6.54 Å². The van der Waals surface area contributed by atoms with Crippen molar-refractivity contribution in [2.75, 3.05) is 11.9 Å². The number of anilines is 1. The van der Waals surface area contributed by atoms with Crippen LogP contribution in [-0.4, -0.2) is 34.3 Å². The number of nitrogens with one attached hydrogen (secondary N) is 2. The third-order valence-electron chi connectivity index (χ3n) is 4.48. The molecule has 2 aromatic rings. The molecule has 0 aliphatic rings. The van der Waals surface area contributed by atoms with Gasteiger partial charge in [0.25, 0.3) is 5.91 Å². The van der Waals surface area contributed by atoms with Crippen molar-refractivity contribution in [2.24, 2.45) is 7.05 Å². The van der Waals surface area contributed by atoms with Crippen LogP contribution in [0.2, 0.25) is 0 Å². The van der Waals surface area contributed by atoms with Gasteiger partial charge in [0.15, 0.2) is 0 Å². The maximum absolute atomic E-state index is 12.3. The average molecular weight is 396 g/mol. The minimum absolute atomic E-state index is 0.0455. The lowest BCUT2D eigenvalue weighted by molar-refractivity contribution is -0.123. The average Bonchev–Trinajstić information content (AvgIpc) is 2.84. The van der Waals surface area contributed by atoms with Crippen LogP contribution in [0.25, 0.3) is 0 Å². The first-order valence-electron chi connectivity index (χ1n) is 8.72. The number of benzene rings is 1. The van der Waals surface area contributed by atoms with Crippen LogP contribution in [0, 0.1) is 20.8 Å². The van der Waals surface area contributed by atoms with E-state index in [9.17, 15) is 22.8 Å². The summed E-state index contributed by atoms with van der Waals surface area (Å²) in [6, 6.07) is 4.37. The normalized spacial score (nSPS) is 11.4. The first-order chi connectivity index (χ1) is 13.0. The summed E-state index contributed by atoms with van der Waals surface area (Å²) in [5.41, 5.74) is 4.01. The maximum atomic E-state index is 12.3. The number of hydrogen-bond acceptors (Lipinski definition) is 3. The minimum atomic E-state index is -4.49. The highest BCUT2D eigenvalue weighted by molar-refractivity contribution is 5.97. The lowest BCUT2D eigenvalue weighted by Gasteiger charge is -2.12. The van der Waals surface area contributed by atoms with Gasteiger partial charge < -0.3 is 10.6 Å². The van der Waals surface area contributed by atoms with Gasteiger partial charge >= 0.3 is 6.18 Å². The molecule has 0 spiro atoms. The molecule has 1 heterocycles. The summed E-state index contributed by atoms with van der Waals surface area (Å²) in [6.45, 7) is 4.14. The van der Waals surface area contributed by atoms with E-state index in [0.29, 0.717) is 17.7 Å². The van der Waals surface area contributed by atoms with Crippen LogP contribution >= 0.6 is 0 Å². The van der Waals surface area contributed by atoms with E-state index in [1.807, 2.05) is 26.2 Å². The van der Waals surface area contributed by atoms with Crippen LogP contribution in [0.4, 0.5) is 18.9 Å². The molecular formula is C19H23F3N4O2. The summed E-state index contributed by atoms with van der Waals surface area (Å²) in [6.07, 6.45) is -3.75. The molecule has 0 aliphatic carbocycles. The number of alkyl halides is 3. The molecule has 2 N–H and O–H groups in total. The fourth-order valence-corrected chi connectivity index (χ4v) is 2.81. The molecule has 0 radical (unpaired) electrons. The standard InChI is InChI=1S/C19H23F3N4O2/c1-11-5-6-14(18(28)23-10-19(20,21)22)9-16(11)24-17(27)8-7-15-12(2)25-26(4)13(15)3/h5-6,9H,7-8,10H2,1-4H3,(H,23,28)(H,24,27). The Morgan fingerprint density at radius 1 is 1.18 bits per heavy atom. The number of amides is 2. The number of aromatic nitrogens is 2. The van der Waals surface area contributed by atoms with E-state index in [0.717, 1.165) is 17.0 Å². The van der Waals surface area contributed by atoms with Crippen LogP contribution in [0.15, 0.2) is 18.2 Å². The Morgan fingerprint density at radius 3 is 2.43 bits per heavy atom. The van der Waals surface area contributed by atoms with E-state index in [4.69, 9.17) is 0 Å². The first kappa shape index (κ1) is 21.5. The Kier molecular flexibility index (Phi) is 6.48. The summed E-state index contributed by atoms with van der Waals surface area (Å²) >= 11 is 0. The van der Waals surface area contributed by atoms with E-state index in [2.05, 4.69) is 10.4 Å². The van der Waals surface area contributed by atoms with Gasteiger partial charge in [-0.25, -0.2) is 0 Å². The topological polar surface area (TPSA) is 76.0 Å². The number of carbonyl (C=O) groups is 2. The molecule has 0 fully saturated rings. The van der Waals surface area contributed by atoms with Crippen LogP contribution in [0.1, 0.15) is 39.3 Å². The van der Waals surface area contributed by atoms with Gasteiger partial charge in [0.2, 0.25) is 5.91 Å². The van der Waals surface area contributed by atoms with E-state index in [1.165, 1.54) is 12.1 Å². The zero-order chi connectivity index (χ0) is 21.1. The molecule has 152 valence electrons. The molecule has 1 aromatic carbocycles. The quantitative estimate of drug-likeness (QED) is 0.787. The maximum Gasteiger partial charge on any atom is 0.405 e. The van der Waals surface area contributed by atoms with Crippen molar-refractivity contribution in [3.05, 3.63) is 46.3 Å². The Balaban J connectivity index is 2.02. The third kappa shape index (κ3) is 5.58. The van der Waals surface area contributed by atoms with Crippen molar-refractivity contribution in [3.8, 4) is 0 Å². The van der Waals surface area contributed by atoms with E-state index >= 15 is 0 Å². The highest BCUT2D eigenvalue weighted by Gasteiger charge is 2.28. The Bertz CT molecular complexity index is 888. The number of rotatable bonds is 6. The smallest absolute Gasteiger partial charge is 0.343 e. The number of halogens is 3. The Labute approximate surface area is 161 Å². The van der Waals surface area contributed by atoms with Crippen LogP contribution in [0.5, 0.6) is 0 Å². The zero-order valence-corrected chi connectivity index (χ0v) is 16.2. The van der Waals surface area contributed by atoms with E-state index in [1.54, 1.807) is 17.7 Å². The molecule has 2 amide bonds. The Hall–Kier alpha value is -2.84. The number of nitrogens with zero attached hydrogens (tertiary/aromatic N) is 2. The van der Waals surface area contributed by atoms with Gasteiger partial charge in [0.05, 0.1) is 5.69 Å². The fourth-order valence-electron chi connectivity index (χ4n) is 2.81. The van der Waals surface area contributed by atoms with Crippen molar-refractivity contribution in [2.45, 2.75) is 39.8 Å². The fraction of sp³-hybridized carbons (Fsp3) is 0.421. The molecule has 9 heteroatoms. The molecule has 0 unspecified atom stereocenters. The van der Waals surface area contributed by atoms with Gasteiger partial charge in [0, 0.05) is 30.4 Å². The van der Waals surface area contributed by atoms with Crippen molar-refractivity contribution in [1.82, 2.24) is 15.1 Å². The molecule has 6 nitrogen and oxygen atoms in total. The summed E-state index contributed by atoms with van der Waals surface area (Å²) < 4.78 is 38.5. The number of hydrogen-bond donors (Lipinski definition) is 2. The molecule has 0 saturated carbocycles. The summed E-state index contributed by atoms with van der Waals surface area (Å²) in [5.74, 6) is -1.10. The highest BCUT2D eigenvalue weighted by atomic mass is 19.4. The summed E-state index contributed by atoms with van der Waals surface area (Å²) in [5, 5.41) is 8.85. The van der Waals surface area contributed by atoms with E-state index < -0.39 is 18.6 Å². The van der Waals surface area contributed by atoms with Crippen molar-refractivity contribution >= 4 is 17.5 Å². The Morgan fingerprint density at radius 2 is 1.86 bits per heavy atom. The predicted molar refractivity (Wildman–Crippen MR) is 99.2 cm³/mol. The molecule has 0 saturated heterocycles. The first-order valence-corrected chi connectivity index (χ1v) is 8.72. The van der Waals surface area contributed by atoms with Crippen molar-refractivity contribution in [3.63, 3.8) is 0 Å². The minimum Gasteiger partial charge on any atom is -0.343 e. The van der Waals surface area contributed by atoms with Crippen molar-refractivity contribution in [1.29, 1.82) is 0 Å². The molecule has 2 rings (SSSR count). The van der Waals surface area contributed by atoms with Gasteiger partial charge in [-0.1, -0.05) is 6.07 Å². The molecule has 0 atom stereocenters. The molecular weight excluding hydrogens is 373 g/mol. The molecule has 28 heavy (non-hydrogen) atoms. The number of aryl methyl sites for hydroxylation is 3. The van der Waals surface area contributed by atoms with Gasteiger partial charge in [-0.15, -0.1) is 0 Å². The largest absolute Gasteiger partial charge is 0.405 e. The van der Waals surface area contributed by atoms with Crippen LogP contribution in [0.3, 0.4) is 0 Å². The van der Waals surface area contributed by atoms with Crippen LogP contribution in [-0.2, 0) is 18.3 Å². The second kappa shape index (κ2) is 8.45. The number of carbonyl (C=O) groups excluding carboxylic acids is 2. The predicted octanol–water partition coefficient (Wildman–Crippen LogP) is 3.21. The monoisotopic (exact) mass is 396 g/mol. The molecule has 1 aromatic heterocycles. The zero-order valence-electron chi connectivity index (χ0n) is 16.2. The SMILES string of the molecule is Cc1ccc(C(=O)NCC(F)(F)F)cc1NC(=O)CCc1c(C)nn(C)c1C. The van der Waals surface area contributed by atoms with Gasteiger partial charge in [-0.3, -0.25) is 14.3 Å². The van der Waals surface area contributed by atoms with Gasteiger partial charge in [-0.05, 0) is 50.5 Å². The lowest BCUT2D eigenvalue weighted by Crippen LogP contribution is -2.33. The van der Waals surface area contributed by atoms with Crippen molar-refractivity contribution < 1.29 is 22.8 Å². The third-order valence-corrected chi connectivity index (χ3v) is 4.48. The van der Waals surface area contributed by atoms with E-state index in [-0.39, 0.29) is 17.9 Å². The second-order valence-electron chi connectivity index (χ2n) is 6.65. The highest BCUT2D eigenvalue weighted by Crippen LogP contribution is 2.19. The molecule has 0 aliphatic heterocycles.